The number of likely N-dealkylation sites (N-methyl/N-ethyl adjacent to an activating group) is 1. The number of hydrogen-bond acceptors (Lipinski definition) is 3. The minimum atomic E-state index is 0.0587. The maximum atomic E-state index is 13.5. The van der Waals surface area contributed by atoms with Crippen LogP contribution in [0.2, 0.25) is 0 Å². The lowest BCUT2D eigenvalue weighted by molar-refractivity contribution is 0.0967. The first-order valence-electron chi connectivity index (χ1n) is 9.00. The fourth-order valence-corrected chi connectivity index (χ4v) is 3.56. The van der Waals surface area contributed by atoms with Gasteiger partial charge in [-0.1, -0.05) is 18.2 Å². The Morgan fingerprint density at radius 3 is 2.68 bits per heavy atom. The molecule has 0 fully saturated rings. The highest BCUT2D eigenvalue weighted by molar-refractivity contribution is 6.07. The molecule has 0 spiro atoms. The van der Waals surface area contributed by atoms with E-state index >= 15 is 0 Å². The summed E-state index contributed by atoms with van der Waals surface area (Å²) in [5.41, 5.74) is 3.79. The zero-order chi connectivity index (χ0) is 18.1. The molecule has 3 rings (SSSR count). The molecule has 1 aliphatic rings. The number of fused-ring (bicyclic) bond motifs is 1. The van der Waals surface area contributed by atoms with Gasteiger partial charge in [0.25, 0.3) is 5.91 Å². The highest BCUT2D eigenvalue weighted by Gasteiger charge is 2.33. The van der Waals surface area contributed by atoms with Gasteiger partial charge in [0.15, 0.2) is 0 Å². The van der Waals surface area contributed by atoms with Crippen LogP contribution in [0, 0.1) is 6.92 Å². The first kappa shape index (κ1) is 17.7. The molecule has 0 saturated carbocycles. The number of aryl methyl sites for hydroxylation is 2. The Hall–Kier alpha value is -2.14. The Bertz CT molecular complexity index is 763. The zero-order valence-electron chi connectivity index (χ0n) is 15.9. The van der Waals surface area contributed by atoms with Crippen molar-refractivity contribution < 1.29 is 4.79 Å². The van der Waals surface area contributed by atoms with E-state index in [0.29, 0.717) is 5.56 Å². The molecule has 0 N–H and O–H groups in total. The van der Waals surface area contributed by atoms with Gasteiger partial charge < -0.3 is 9.80 Å². The predicted molar refractivity (Wildman–Crippen MR) is 101 cm³/mol. The number of para-hydroxylation sites is 1. The summed E-state index contributed by atoms with van der Waals surface area (Å²) in [6.07, 6.45) is 3.90. The third kappa shape index (κ3) is 3.47. The van der Waals surface area contributed by atoms with Crippen molar-refractivity contribution in [3.8, 4) is 0 Å². The molecule has 0 aliphatic carbocycles. The van der Waals surface area contributed by atoms with Crippen LogP contribution in [0.15, 0.2) is 30.5 Å². The molecule has 1 amide bonds. The van der Waals surface area contributed by atoms with Gasteiger partial charge in [-0.15, -0.1) is 0 Å². The van der Waals surface area contributed by atoms with E-state index in [1.165, 1.54) is 5.56 Å². The molecule has 2 heterocycles. The molecule has 5 nitrogen and oxygen atoms in total. The summed E-state index contributed by atoms with van der Waals surface area (Å²) >= 11 is 0. The normalized spacial score (nSPS) is 17.2. The number of anilines is 1. The van der Waals surface area contributed by atoms with E-state index < -0.39 is 0 Å². The van der Waals surface area contributed by atoms with E-state index in [1.54, 1.807) is 0 Å². The minimum absolute atomic E-state index is 0.0587. The van der Waals surface area contributed by atoms with E-state index in [4.69, 9.17) is 0 Å². The van der Waals surface area contributed by atoms with Crippen molar-refractivity contribution in [3.05, 3.63) is 47.3 Å². The van der Waals surface area contributed by atoms with Crippen molar-refractivity contribution in [1.29, 1.82) is 0 Å². The zero-order valence-corrected chi connectivity index (χ0v) is 15.9. The fourth-order valence-electron chi connectivity index (χ4n) is 3.56. The van der Waals surface area contributed by atoms with Crippen LogP contribution in [-0.4, -0.2) is 47.3 Å². The van der Waals surface area contributed by atoms with Gasteiger partial charge in [-0.25, -0.2) is 0 Å². The number of nitrogens with zero attached hydrogens (tertiary/aromatic N) is 4. The lowest BCUT2D eigenvalue weighted by atomic mass is 9.94. The third-order valence-electron chi connectivity index (χ3n) is 4.83. The summed E-state index contributed by atoms with van der Waals surface area (Å²) in [5, 5.41) is 4.53. The van der Waals surface area contributed by atoms with Crippen LogP contribution in [0.3, 0.4) is 0 Å². The second kappa shape index (κ2) is 7.00. The Morgan fingerprint density at radius 2 is 2.04 bits per heavy atom. The number of carbonyl (C=O) groups excluding carboxylic acids is 1. The molecule has 1 aromatic heterocycles. The largest absolute Gasteiger partial charge is 0.307 e. The van der Waals surface area contributed by atoms with Crippen molar-refractivity contribution in [3.63, 3.8) is 0 Å². The molecular formula is C20H28N4O. The molecule has 0 radical (unpaired) electrons. The molecule has 5 heteroatoms. The summed E-state index contributed by atoms with van der Waals surface area (Å²) in [7, 11) is 4.12. The summed E-state index contributed by atoms with van der Waals surface area (Å²) < 4.78 is 1.87. The average Bonchev–Trinajstić information content (AvgIpc) is 2.96. The van der Waals surface area contributed by atoms with E-state index in [9.17, 15) is 4.79 Å². The van der Waals surface area contributed by atoms with Gasteiger partial charge in [0.2, 0.25) is 0 Å². The quantitative estimate of drug-likeness (QED) is 0.857. The SMILES string of the molecule is Cc1nn(C(C)C)cc1C(=O)N1c2ccccc2CCC1CN(C)C. The van der Waals surface area contributed by atoms with Gasteiger partial charge in [0.1, 0.15) is 0 Å². The number of rotatable bonds is 4. The van der Waals surface area contributed by atoms with Crippen LogP contribution in [-0.2, 0) is 6.42 Å². The Morgan fingerprint density at radius 1 is 1.32 bits per heavy atom. The molecule has 0 saturated heterocycles. The standard InChI is InChI=1S/C20H28N4O/c1-14(2)23-13-18(15(3)21-23)20(25)24-17(12-22(4)5)11-10-16-8-6-7-9-19(16)24/h6-9,13-14,17H,10-12H2,1-5H3. The highest BCUT2D eigenvalue weighted by Crippen LogP contribution is 2.32. The maximum Gasteiger partial charge on any atom is 0.262 e. The topological polar surface area (TPSA) is 41.4 Å². The molecular weight excluding hydrogens is 312 g/mol. The van der Waals surface area contributed by atoms with E-state index in [-0.39, 0.29) is 18.0 Å². The molecule has 1 atom stereocenters. The van der Waals surface area contributed by atoms with Crippen molar-refractivity contribution in [1.82, 2.24) is 14.7 Å². The maximum absolute atomic E-state index is 13.5. The molecule has 0 bridgehead atoms. The molecule has 1 aliphatic heterocycles. The van der Waals surface area contributed by atoms with Crippen LogP contribution in [0.5, 0.6) is 0 Å². The second-order valence-electron chi connectivity index (χ2n) is 7.46. The Labute approximate surface area is 150 Å². The van der Waals surface area contributed by atoms with Crippen molar-refractivity contribution in [2.24, 2.45) is 0 Å². The van der Waals surface area contributed by atoms with Gasteiger partial charge >= 0.3 is 0 Å². The van der Waals surface area contributed by atoms with Crippen LogP contribution < -0.4 is 4.90 Å². The van der Waals surface area contributed by atoms with Crippen LogP contribution in [0.4, 0.5) is 5.69 Å². The number of hydrogen-bond donors (Lipinski definition) is 0. The first-order valence-corrected chi connectivity index (χ1v) is 9.00. The Balaban J connectivity index is 2.02. The predicted octanol–water partition coefficient (Wildman–Crippen LogP) is 3.30. The average molecular weight is 340 g/mol. The Kier molecular flexibility index (Phi) is 4.95. The first-order chi connectivity index (χ1) is 11.9. The monoisotopic (exact) mass is 340 g/mol. The molecule has 25 heavy (non-hydrogen) atoms. The van der Waals surface area contributed by atoms with E-state index in [1.807, 2.05) is 28.8 Å². The third-order valence-corrected chi connectivity index (χ3v) is 4.83. The summed E-state index contributed by atoms with van der Waals surface area (Å²) in [5.74, 6) is 0.0587. The second-order valence-corrected chi connectivity index (χ2v) is 7.46. The molecule has 2 aromatic rings. The minimum Gasteiger partial charge on any atom is -0.307 e. The number of aromatic nitrogens is 2. The van der Waals surface area contributed by atoms with Crippen LogP contribution in [0.1, 0.15) is 47.9 Å². The van der Waals surface area contributed by atoms with Gasteiger partial charge in [0.05, 0.1) is 17.3 Å². The van der Waals surface area contributed by atoms with Gasteiger partial charge in [-0.3, -0.25) is 9.48 Å². The van der Waals surface area contributed by atoms with E-state index in [0.717, 1.165) is 30.8 Å². The highest BCUT2D eigenvalue weighted by atomic mass is 16.2. The summed E-state index contributed by atoms with van der Waals surface area (Å²) in [6.45, 7) is 6.93. The van der Waals surface area contributed by atoms with Gasteiger partial charge in [0, 0.05) is 24.5 Å². The number of carbonyl (C=O) groups is 1. The van der Waals surface area contributed by atoms with Crippen LogP contribution in [0.25, 0.3) is 0 Å². The lowest BCUT2D eigenvalue weighted by Gasteiger charge is -2.38. The number of benzene rings is 1. The molecule has 1 aromatic carbocycles. The van der Waals surface area contributed by atoms with Crippen molar-refractivity contribution in [2.45, 2.75) is 45.7 Å². The van der Waals surface area contributed by atoms with Crippen molar-refractivity contribution >= 4 is 11.6 Å². The van der Waals surface area contributed by atoms with Gasteiger partial charge in [-0.2, -0.15) is 5.10 Å². The smallest absolute Gasteiger partial charge is 0.262 e. The summed E-state index contributed by atoms with van der Waals surface area (Å²) in [6, 6.07) is 8.69. The fraction of sp³-hybridized carbons (Fsp3) is 0.500. The van der Waals surface area contributed by atoms with E-state index in [2.05, 4.69) is 56.1 Å². The van der Waals surface area contributed by atoms with Gasteiger partial charge in [-0.05, 0) is 59.3 Å². The van der Waals surface area contributed by atoms with Crippen molar-refractivity contribution in [2.75, 3.05) is 25.5 Å². The molecule has 1 unspecified atom stereocenters. The summed E-state index contributed by atoms with van der Waals surface area (Å²) in [4.78, 5) is 17.6. The molecule has 134 valence electrons. The lowest BCUT2D eigenvalue weighted by Crippen LogP contribution is -2.48. The van der Waals surface area contributed by atoms with Crippen LogP contribution >= 0.6 is 0 Å². The number of amides is 1.